The van der Waals surface area contributed by atoms with Gasteiger partial charge >= 0.3 is 5.97 Å². The van der Waals surface area contributed by atoms with Gasteiger partial charge in [-0.25, -0.2) is 9.78 Å². The number of imidazole rings is 1. The third-order valence-electron chi connectivity index (χ3n) is 6.63. The summed E-state index contributed by atoms with van der Waals surface area (Å²) in [6, 6.07) is 29.7. The summed E-state index contributed by atoms with van der Waals surface area (Å²) in [6.07, 6.45) is 3.59. The van der Waals surface area contributed by atoms with Crippen LogP contribution in [0.15, 0.2) is 97.5 Å². The van der Waals surface area contributed by atoms with Crippen LogP contribution in [0.1, 0.15) is 32.7 Å². The van der Waals surface area contributed by atoms with Crippen molar-refractivity contribution in [3.05, 3.63) is 125 Å². The first-order valence-electron chi connectivity index (χ1n) is 12.0. The summed E-state index contributed by atoms with van der Waals surface area (Å²) in [6.45, 7) is 1.62. The van der Waals surface area contributed by atoms with Crippen molar-refractivity contribution in [2.75, 3.05) is 0 Å². The van der Waals surface area contributed by atoms with Gasteiger partial charge in [-0.05, 0) is 45.7 Å². The van der Waals surface area contributed by atoms with E-state index in [4.69, 9.17) is 0 Å². The lowest BCUT2D eigenvalue weighted by Gasteiger charge is -2.24. The van der Waals surface area contributed by atoms with Crippen molar-refractivity contribution in [2.24, 2.45) is 7.05 Å². The van der Waals surface area contributed by atoms with Crippen molar-refractivity contribution in [2.45, 2.75) is 19.6 Å². The van der Waals surface area contributed by atoms with Crippen LogP contribution in [-0.2, 0) is 26.7 Å². The fourth-order valence-electron chi connectivity index (χ4n) is 4.77. The van der Waals surface area contributed by atoms with Crippen LogP contribution in [-0.4, -0.2) is 25.5 Å². The van der Waals surface area contributed by atoms with E-state index in [9.17, 15) is 15.2 Å². The molecule has 6 nitrogen and oxygen atoms in total. The minimum Gasteiger partial charge on any atom is -0.478 e. The number of benzene rings is 4. The van der Waals surface area contributed by atoms with Crippen LogP contribution in [0.5, 0.6) is 0 Å². The molecule has 1 heterocycles. The van der Waals surface area contributed by atoms with Gasteiger partial charge in [-0.15, -0.1) is 0 Å². The average Bonchev–Trinajstić information content (AvgIpc) is 3.32. The zero-order valence-electron chi connectivity index (χ0n) is 20.5. The maximum absolute atomic E-state index is 11.8. The van der Waals surface area contributed by atoms with E-state index >= 15 is 0 Å². The van der Waals surface area contributed by atoms with E-state index in [0.717, 1.165) is 38.7 Å². The second kappa shape index (κ2) is 10.5. The summed E-state index contributed by atoms with van der Waals surface area (Å²) in [5, 5.41) is 21.8. The van der Waals surface area contributed by atoms with Gasteiger partial charge in [0.15, 0.2) is 0 Å². The molecule has 5 aromatic rings. The van der Waals surface area contributed by atoms with Crippen molar-refractivity contribution in [3.8, 4) is 17.2 Å². The standard InChI is InChI=1S/C31H26N4O2/c1-34-21-33-17-26(34)20-35(19-25-8-3-5-11-28(25)31(36)37)18-22-13-14-24(16-32)30(15-22)29-12-6-9-23-7-2-4-10-27(23)29/h2-15,17,21H,18-20H2,1H3,(H,36,37). The van der Waals surface area contributed by atoms with Gasteiger partial charge in [0.1, 0.15) is 0 Å². The molecule has 5 rings (SSSR count). The summed E-state index contributed by atoms with van der Waals surface area (Å²) in [5.41, 5.74) is 5.64. The SMILES string of the molecule is Cn1cncc1CN(Cc1ccc(C#N)c(-c2cccc3ccccc23)c1)Cc1ccccc1C(=O)O. The molecule has 0 spiro atoms. The average molecular weight is 487 g/mol. The van der Waals surface area contributed by atoms with Gasteiger partial charge in [0.2, 0.25) is 0 Å². The number of nitriles is 1. The summed E-state index contributed by atoms with van der Waals surface area (Å²) in [7, 11) is 1.95. The maximum Gasteiger partial charge on any atom is 0.336 e. The third kappa shape index (κ3) is 5.13. The van der Waals surface area contributed by atoms with Crippen LogP contribution >= 0.6 is 0 Å². The van der Waals surface area contributed by atoms with Crippen LogP contribution in [0.4, 0.5) is 0 Å². The first-order valence-corrected chi connectivity index (χ1v) is 12.0. The van der Waals surface area contributed by atoms with E-state index in [1.165, 1.54) is 0 Å². The van der Waals surface area contributed by atoms with Crippen LogP contribution in [0.3, 0.4) is 0 Å². The van der Waals surface area contributed by atoms with Gasteiger partial charge in [0.25, 0.3) is 0 Å². The molecule has 0 saturated heterocycles. The predicted octanol–water partition coefficient (Wildman–Crippen LogP) is 6.01. The molecule has 0 fully saturated rings. The molecule has 1 aromatic heterocycles. The lowest BCUT2D eigenvalue weighted by atomic mass is 9.93. The van der Waals surface area contributed by atoms with Gasteiger partial charge < -0.3 is 9.67 Å². The van der Waals surface area contributed by atoms with Crippen LogP contribution in [0.2, 0.25) is 0 Å². The molecular weight excluding hydrogens is 460 g/mol. The zero-order valence-corrected chi connectivity index (χ0v) is 20.5. The number of hydrogen-bond acceptors (Lipinski definition) is 4. The minimum absolute atomic E-state index is 0.300. The summed E-state index contributed by atoms with van der Waals surface area (Å²) in [5.74, 6) is -0.937. The number of nitrogens with zero attached hydrogens (tertiary/aromatic N) is 4. The normalized spacial score (nSPS) is 11.1. The maximum atomic E-state index is 11.8. The van der Waals surface area contributed by atoms with Gasteiger partial charge in [-0.2, -0.15) is 5.26 Å². The molecule has 1 N–H and O–H groups in total. The fraction of sp³-hybridized carbons (Fsp3) is 0.129. The van der Waals surface area contributed by atoms with Gasteiger partial charge in [0, 0.05) is 38.4 Å². The van der Waals surface area contributed by atoms with Crippen molar-refractivity contribution < 1.29 is 9.90 Å². The molecule has 0 saturated carbocycles. The Hall–Kier alpha value is -4.73. The molecule has 0 aliphatic heterocycles. The Morgan fingerprint density at radius 2 is 1.73 bits per heavy atom. The first kappa shape index (κ1) is 24.0. The predicted molar refractivity (Wildman–Crippen MR) is 144 cm³/mol. The largest absolute Gasteiger partial charge is 0.478 e. The second-order valence-corrected chi connectivity index (χ2v) is 9.12. The van der Waals surface area contributed by atoms with Crippen molar-refractivity contribution in [1.29, 1.82) is 5.26 Å². The van der Waals surface area contributed by atoms with Crippen LogP contribution in [0.25, 0.3) is 21.9 Å². The lowest BCUT2D eigenvalue weighted by molar-refractivity contribution is 0.0694. The number of hydrogen-bond donors (Lipinski definition) is 1. The highest BCUT2D eigenvalue weighted by atomic mass is 16.4. The number of carbonyl (C=O) groups is 1. The molecule has 0 radical (unpaired) electrons. The Balaban J connectivity index is 1.53. The molecule has 182 valence electrons. The van der Waals surface area contributed by atoms with E-state index in [1.807, 2.05) is 60.3 Å². The summed E-state index contributed by atoms with van der Waals surface area (Å²) >= 11 is 0. The molecule has 37 heavy (non-hydrogen) atoms. The Morgan fingerprint density at radius 1 is 0.946 bits per heavy atom. The summed E-state index contributed by atoms with van der Waals surface area (Å²) < 4.78 is 1.97. The Bertz CT molecular complexity index is 1620. The fourth-order valence-corrected chi connectivity index (χ4v) is 4.77. The van der Waals surface area contributed by atoms with E-state index in [0.29, 0.717) is 30.8 Å². The number of carboxylic acids is 1. The van der Waals surface area contributed by atoms with Crippen molar-refractivity contribution in [3.63, 3.8) is 0 Å². The third-order valence-corrected chi connectivity index (χ3v) is 6.63. The Morgan fingerprint density at radius 3 is 2.51 bits per heavy atom. The van der Waals surface area contributed by atoms with Crippen LogP contribution < -0.4 is 0 Å². The molecule has 0 amide bonds. The van der Waals surface area contributed by atoms with Crippen LogP contribution in [0, 0.1) is 11.3 Å². The van der Waals surface area contributed by atoms with E-state index in [1.54, 1.807) is 18.5 Å². The number of aromatic nitrogens is 2. The number of fused-ring (bicyclic) bond motifs is 1. The molecular formula is C31H26N4O2. The highest BCUT2D eigenvalue weighted by Crippen LogP contribution is 2.32. The quantitative estimate of drug-likeness (QED) is 0.290. The molecule has 0 unspecified atom stereocenters. The Labute approximate surface area is 215 Å². The molecule has 0 aliphatic rings. The molecule has 0 aliphatic carbocycles. The van der Waals surface area contributed by atoms with Crippen molar-refractivity contribution in [1.82, 2.24) is 14.5 Å². The van der Waals surface area contributed by atoms with E-state index in [2.05, 4.69) is 46.3 Å². The second-order valence-electron chi connectivity index (χ2n) is 9.12. The molecule has 0 atom stereocenters. The van der Waals surface area contributed by atoms with Crippen molar-refractivity contribution >= 4 is 16.7 Å². The smallest absolute Gasteiger partial charge is 0.336 e. The molecule has 4 aromatic carbocycles. The highest BCUT2D eigenvalue weighted by Gasteiger charge is 2.17. The molecule has 6 heteroatoms. The number of aryl methyl sites for hydroxylation is 1. The first-order chi connectivity index (χ1) is 18.0. The zero-order chi connectivity index (χ0) is 25.8. The van der Waals surface area contributed by atoms with Gasteiger partial charge in [0.05, 0.1) is 29.2 Å². The number of aromatic carboxylic acids is 1. The molecule has 0 bridgehead atoms. The monoisotopic (exact) mass is 486 g/mol. The lowest BCUT2D eigenvalue weighted by Crippen LogP contribution is -2.24. The topological polar surface area (TPSA) is 82.2 Å². The van der Waals surface area contributed by atoms with E-state index in [-0.39, 0.29) is 0 Å². The number of rotatable bonds is 8. The summed E-state index contributed by atoms with van der Waals surface area (Å²) in [4.78, 5) is 18.3. The Kier molecular flexibility index (Phi) is 6.80. The van der Waals surface area contributed by atoms with E-state index < -0.39 is 5.97 Å². The minimum atomic E-state index is -0.937. The number of carboxylic acid groups (broad SMARTS) is 1. The van der Waals surface area contributed by atoms with Gasteiger partial charge in [-0.3, -0.25) is 4.90 Å². The highest BCUT2D eigenvalue weighted by molar-refractivity contribution is 5.97. The van der Waals surface area contributed by atoms with Gasteiger partial charge in [-0.1, -0.05) is 66.7 Å².